The van der Waals surface area contributed by atoms with E-state index in [1.54, 1.807) is 12.1 Å². The van der Waals surface area contributed by atoms with E-state index in [-0.39, 0.29) is 17.1 Å². The van der Waals surface area contributed by atoms with Crippen molar-refractivity contribution < 1.29 is 27.1 Å². The summed E-state index contributed by atoms with van der Waals surface area (Å²) in [4.78, 5) is 15.2. The smallest absolute Gasteiger partial charge is 0.264 e. The van der Waals surface area contributed by atoms with E-state index in [0.717, 1.165) is 54.8 Å². The van der Waals surface area contributed by atoms with Gasteiger partial charge in [-0.25, -0.2) is 12.8 Å². The molecule has 0 radical (unpaired) electrons. The van der Waals surface area contributed by atoms with Crippen LogP contribution in [0, 0.1) is 5.82 Å². The van der Waals surface area contributed by atoms with Crippen molar-refractivity contribution in [1.82, 2.24) is 10.2 Å². The van der Waals surface area contributed by atoms with Crippen molar-refractivity contribution in [3.05, 3.63) is 89.7 Å². The van der Waals surface area contributed by atoms with E-state index >= 15 is 0 Å². The zero-order chi connectivity index (χ0) is 27.0. The van der Waals surface area contributed by atoms with Gasteiger partial charge in [0, 0.05) is 26.2 Å². The highest BCUT2D eigenvalue weighted by Gasteiger charge is 2.27. The van der Waals surface area contributed by atoms with Crippen LogP contribution in [-0.2, 0) is 32.6 Å². The molecule has 0 saturated carbocycles. The highest BCUT2D eigenvalue weighted by atomic mass is 32.2. The standard InChI is InChI=1S/C28H32FN3O5S/c1-2-37-26-11-13-27(14-12-26)38(34,35)32(25-9-7-24(29)8-10-25)21-28(33)30-19-22-3-5-23(6-4-22)20-31-15-17-36-18-16-31/h3-14H,2,15-21H2,1H3,(H,30,33). The molecule has 38 heavy (non-hydrogen) atoms. The zero-order valence-corrected chi connectivity index (χ0v) is 22.1. The molecule has 202 valence electrons. The lowest BCUT2D eigenvalue weighted by Crippen LogP contribution is -2.40. The fourth-order valence-electron chi connectivity index (χ4n) is 4.09. The van der Waals surface area contributed by atoms with E-state index in [2.05, 4.69) is 10.2 Å². The van der Waals surface area contributed by atoms with Gasteiger partial charge in [-0.05, 0) is 66.6 Å². The third-order valence-electron chi connectivity index (χ3n) is 6.15. The van der Waals surface area contributed by atoms with Crippen LogP contribution in [0.15, 0.2) is 77.7 Å². The van der Waals surface area contributed by atoms with Gasteiger partial charge in [0.05, 0.1) is 30.4 Å². The maximum atomic E-state index is 13.5. The van der Waals surface area contributed by atoms with Gasteiger partial charge in [0.15, 0.2) is 0 Å². The molecule has 1 saturated heterocycles. The van der Waals surface area contributed by atoms with Crippen molar-refractivity contribution in [2.45, 2.75) is 24.9 Å². The molecular formula is C28H32FN3O5S. The number of rotatable bonds is 11. The molecule has 1 aliphatic rings. The van der Waals surface area contributed by atoms with Crippen LogP contribution < -0.4 is 14.4 Å². The summed E-state index contributed by atoms with van der Waals surface area (Å²) in [5, 5.41) is 2.79. The van der Waals surface area contributed by atoms with Gasteiger partial charge in [0.1, 0.15) is 18.1 Å². The number of carbonyl (C=O) groups excluding carboxylic acids is 1. The van der Waals surface area contributed by atoms with Crippen LogP contribution in [0.4, 0.5) is 10.1 Å². The average Bonchev–Trinajstić information content (AvgIpc) is 2.93. The average molecular weight is 542 g/mol. The molecule has 0 bridgehead atoms. The second-order valence-electron chi connectivity index (χ2n) is 8.87. The van der Waals surface area contributed by atoms with Gasteiger partial charge in [-0.15, -0.1) is 0 Å². The summed E-state index contributed by atoms with van der Waals surface area (Å²) in [6, 6.07) is 18.9. The van der Waals surface area contributed by atoms with Crippen LogP contribution in [0.2, 0.25) is 0 Å². The molecule has 1 aliphatic heterocycles. The van der Waals surface area contributed by atoms with Crippen molar-refractivity contribution in [3.8, 4) is 5.75 Å². The second kappa shape index (κ2) is 12.9. The molecule has 3 aromatic rings. The van der Waals surface area contributed by atoms with Crippen LogP contribution in [-0.4, -0.2) is 58.7 Å². The lowest BCUT2D eigenvalue weighted by Gasteiger charge is -2.26. The van der Waals surface area contributed by atoms with Crippen molar-refractivity contribution in [2.24, 2.45) is 0 Å². The molecule has 0 aromatic heterocycles. The molecule has 8 nitrogen and oxygen atoms in total. The Hall–Kier alpha value is -3.47. The molecule has 0 unspecified atom stereocenters. The fourth-order valence-corrected chi connectivity index (χ4v) is 5.51. The predicted molar refractivity (Wildman–Crippen MR) is 143 cm³/mol. The summed E-state index contributed by atoms with van der Waals surface area (Å²) in [6.07, 6.45) is 0. The Balaban J connectivity index is 1.43. The van der Waals surface area contributed by atoms with Crippen LogP contribution in [0.25, 0.3) is 0 Å². The first kappa shape index (κ1) is 27.6. The Morgan fingerprint density at radius 1 is 0.974 bits per heavy atom. The number of morpholine rings is 1. The summed E-state index contributed by atoms with van der Waals surface area (Å²) in [5.74, 6) is -0.455. The molecule has 4 rings (SSSR count). The lowest BCUT2D eigenvalue weighted by atomic mass is 10.1. The predicted octanol–water partition coefficient (Wildman–Crippen LogP) is 3.57. The number of sulfonamides is 1. The van der Waals surface area contributed by atoms with E-state index in [1.807, 2.05) is 31.2 Å². The van der Waals surface area contributed by atoms with Crippen molar-refractivity contribution in [1.29, 1.82) is 0 Å². The van der Waals surface area contributed by atoms with Crippen molar-refractivity contribution >= 4 is 21.6 Å². The highest BCUT2D eigenvalue weighted by molar-refractivity contribution is 7.92. The van der Waals surface area contributed by atoms with Crippen LogP contribution in [0.1, 0.15) is 18.1 Å². The number of carbonyl (C=O) groups is 1. The van der Waals surface area contributed by atoms with E-state index in [1.165, 1.54) is 29.8 Å². The first-order chi connectivity index (χ1) is 18.3. The minimum Gasteiger partial charge on any atom is -0.494 e. The third-order valence-corrected chi connectivity index (χ3v) is 7.94. The van der Waals surface area contributed by atoms with Gasteiger partial charge in [-0.3, -0.25) is 14.0 Å². The third kappa shape index (κ3) is 7.31. The van der Waals surface area contributed by atoms with Crippen LogP contribution in [0.3, 0.4) is 0 Å². The topological polar surface area (TPSA) is 88.2 Å². The van der Waals surface area contributed by atoms with Gasteiger partial charge in [-0.1, -0.05) is 24.3 Å². The number of hydrogen-bond acceptors (Lipinski definition) is 6. The maximum Gasteiger partial charge on any atom is 0.264 e. The molecule has 1 N–H and O–H groups in total. The molecular weight excluding hydrogens is 509 g/mol. The Morgan fingerprint density at radius 2 is 1.61 bits per heavy atom. The second-order valence-corrected chi connectivity index (χ2v) is 10.7. The molecule has 0 spiro atoms. The van der Waals surface area contributed by atoms with Gasteiger partial charge >= 0.3 is 0 Å². The van der Waals surface area contributed by atoms with Crippen LogP contribution in [0.5, 0.6) is 5.75 Å². The first-order valence-electron chi connectivity index (χ1n) is 12.5. The number of anilines is 1. The number of halogens is 1. The Kier molecular flexibility index (Phi) is 9.33. The molecule has 0 aliphatic carbocycles. The first-order valence-corrected chi connectivity index (χ1v) is 13.9. The maximum absolute atomic E-state index is 13.5. The number of hydrogen-bond donors (Lipinski definition) is 1. The summed E-state index contributed by atoms with van der Waals surface area (Å²) in [7, 11) is -4.12. The van der Waals surface area contributed by atoms with E-state index in [9.17, 15) is 17.6 Å². The van der Waals surface area contributed by atoms with Crippen molar-refractivity contribution in [3.63, 3.8) is 0 Å². The quantitative estimate of drug-likeness (QED) is 0.399. The molecule has 1 fully saturated rings. The monoisotopic (exact) mass is 541 g/mol. The van der Waals surface area contributed by atoms with Gasteiger partial charge in [-0.2, -0.15) is 0 Å². The fraction of sp³-hybridized carbons (Fsp3) is 0.321. The Morgan fingerprint density at radius 3 is 2.24 bits per heavy atom. The van der Waals surface area contributed by atoms with E-state index in [0.29, 0.717) is 12.4 Å². The largest absolute Gasteiger partial charge is 0.494 e. The zero-order valence-electron chi connectivity index (χ0n) is 21.3. The number of ether oxygens (including phenoxy) is 2. The molecule has 3 aromatic carbocycles. The van der Waals surface area contributed by atoms with E-state index < -0.39 is 28.3 Å². The van der Waals surface area contributed by atoms with Crippen molar-refractivity contribution in [2.75, 3.05) is 43.8 Å². The minimum atomic E-state index is -4.12. The summed E-state index contributed by atoms with van der Waals surface area (Å²) < 4.78 is 52.3. The minimum absolute atomic E-state index is 0.00562. The van der Waals surface area contributed by atoms with E-state index in [4.69, 9.17) is 9.47 Å². The summed E-state index contributed by atoms with van der Waals surface area (Å²) >= 11 is 0. The molecule has 1 heterocycles. The number of nitrogens with one attached hydrogen (secondary N) is 1. The van der Waals surface area contributed by atoms with Gasteiger partial charge in [0.25, 0.3) is 10.0 Å². The molecule has 1 amide bonds. The summed E-state index contributed by atoms with van der Waals surface area (Å²) in [6.45, 7) is 6.20. The number of benzene rings is 3. The number of nitrogens with zero attached hydrogens (tertiary/aromatic N) is 2. The van der Waals surface area contributed by atoms with Gasteiger partial charge in [0.2, 0.25) is 5.91 Å². The highest BCUT2D eigenvalue weighted by Crippen LogP contribution is 2.25. The molecule has 0 atom stereocenters. The summed E-state index contributed by atoms with van der Waals surface area (Å²) in [5.41, 5.74) is 2.25. The lowest BCUT2D eigenvalue weighted by molar-refractivity contribution is -0.119. The normalized spacial score (nSPS) is 14.2. The number of amides is 1. The Bertz CT molecular complexity index is 1290. The SMILES string of the molecule is CCOc1ccc(S(=O)(=O)N(CC(=O)NCc2ccc(CN3CCOCC3)cc2)c2ccc(F)cc2)cc1. The molecule has 10 heteroatoms. The van der Waals surface area contributed by atoms with Gasteiger partial charge < -0.3 is 14.8 Å². The Labute approximate surface area is 223 Å². The van der Waals surface area contributed by atoms with Crippen LogP contribution >= 0.6 is 0 Å².